The quantitative estimate of drug-likeness (QED) is 0.777. The number of hydrogen-bond donors (Lipinski definition) is 2. The van der Waals surface area contributed by atoms with Crippen molar-refractivity contribution in [1.82, 2.24) is 9.97 Å². The molecule has 1 aromatic rings. The van der Waals surface area contributed by atoms with Gasteiger partial charge in [-0.2, -0.15) is 0 Å². The van der Waals surface area contributed by atoms with E-state index in [0.29, 0.717) is 19.0 Å². The maximum Gasteiger partial charge on any atom is 0.225 e. The highest BCUT2D eigenvalue weighted by atomic mass is 16.5. The Bertz CT molecular complexity index is 413. The topological polar surface area (TPSA) is 84.5 Å². The third-order valence-electron chi connectivity index (χ3n) is 2.92. The molecule has 6 nitrogen and oxygen atoms in total. The molecule has 1 fully saturated rings. The van der Waals surface area contributed by atoms with E-state index in [1.807, 2.05) is 24.8 Å². The maximum absolute atomic E-state index is 9.22. The minimum absolute atomic E-state index is 0.0103. The van der Waals surface area contributed by atoms with Gasteiger partial charge in [0.2, 0.25) is 5.95 Å². The molecule has 0 aliphatic carbocycles. The third kappa shape index (κ3) is 2.95. The van der Waals surface area contributed by atoms with Crippen LogP contribution in [0.1, 0.15) is 18.3 Å². The lowest BCUT2D eigenvalue weighted by molar-refractivity contribution is -0.0425. The Morgan fingerprint density at radius 3 is 2.94 bits per heavy atom. The first-order valence-electron chi connectivity index (χ1n) is 6.18. The molecule has 0 radical (unpaired) electrons. The van der Waals surface area contributed by atoms with E-state index in [9.17, 15) is 5.11 Å². The summed E-state index contributed by atoms with van der Waals surface area (Å²) >= 11 is 0. The summed E-state index contributed by atoms with van der Waals surface area (Å²) in [7, 11) is 0. The van der Waals surface area contributed by atoms with Crippen molar-refractivity contribution in [3.63, 3.8) is 0 Å². The lowest BCUT2D eigenvalue weighted by atomic mass is 10.2. The minimum Gasteiger partial charge on any atom is -0.394 e. The van der Waals surface area contributed by atoms with Crippen LogP contribution in [0.2, 0.25) is 0 Å². The number of hydrogen-bond acceptors (Lipinski definition) is 6. The van der Waals surface area contributed by atoms with Crippen LogP contribution in [0, 0.1) is 6.92 Å². The van der Waals surface area contributed by atoms with Crippen LogP contribution in [-0.2, 0) is 11.3 Å². The summed E-state index contributed by atoms with van der Waals surface area (Å²) in [6.45, 7) is 5.65. The molecule has 2 unspecified atom stereocenters. The van der Waals surface area contributed by atoms with E-state index in [-0.39, 0.29) is 18.8 Å². The number of aromatic nitrogens is 2. The Morgan fingerprint density at radius 1 is 1.50 bits per heavy atom. The smallest absolute Gasteiger partial charge is 0.225 e. The van der Waals surface area contributed by atoms with Crippen LogP contribution in [0.25, 0.3) is 0 Å². The summed E-state index contributed by atoms with van der Waals surface area (Å²) in [6.07, 6.45) is -0.125. The second-order valence-electron chi connectivity index (χ2n) is 4.66. The van der Waals surface area contributed by atoms with Crippen LogP contribution in [0.4, 0.5) is 5.95 Å². The molecule has 3 N–H and O–H groups in total. The van der Waals surface area contributed by atoms with Crippen molar-refractivity contribution in [2.75, 3.05) is 24.6 Å². The number of rotatable bonds is 3. The van der Waals surface area contributed by atoms with Crippen LogP contribution in [0.3, 0.4) is 0 Å². The molecule has 0 spiro atoms. The van der Waals surface area contributed by atoms with Crippen LogP contribution < -0.4 is 10.6 Å². The Balaban J connectivity index is 2.21. The summed E-state index contributed by atoms with van der Waals surface area (Å²) in [5, 5.41) is 9.22. The van der Waals surface area contributed by atoms with Gasteiger partial charge in [0, 0.05) is 25.3 Å². The van der Waals surface area contributed by atoms with Crippen molar-refractivity contribution in [3.8, 4) is 0 Å². The van der Waals surface area contributed by atoms with E-state index in [1.54, 1.807) is 0 Å². The van der Waals surface area contributed by atoms with Gasteiger partial charge in [-0.3, -0.25) is 0 Å². The average Bonchev–Trinajstić information content (AvgIpc) is 2.37. The van der Waals surface area contributed by atoms with Crippen LogP contribution in [0.15, 0.2) is 6.07 Å². The van der Waals surface area contributed by atoms with Crippen molar-refractivity contribution in [1.29, 1.82) is 0 Å². The fourth-order valence-corrected chi connectivity index (χ4v) is 2.17. The summed E-state index contributed by atoms with van der Waals surface area (Å²) in [6, 6.07) is 1.89. The predicted molar refractivity (Wildman–Crippen MR) is 68.3 cm³/mol. The second kappa shape index (κ2) is 5.60. The zero-order valence-corrected chi connectivity index (χ0v) is 10.8. The minimum atomic E-state index is -0.181. The largest absolute Gasteiger partial charge is 0.394 e. The normalized spacial score (nSPS) is 24.3. The monoisotopic (exact) mass is 252 g/mol. The number of aliphatic hydroxyl groups excluding tert-OH is 1. The number of nitrogens with zero attached hydrogens (tertiary/aromatic N) is 3. The molecule has 0 amide bonds. The molecule has 0 aromatic carbocycles. The number of anilines is 1. The zero-order valence-electron chi connectivity index (χ0n) is 10.8. The number of nitrogens with two attached hydrogens (primary N) is 1. The molecule has 1 aromatic heterocycles. The van der Waals surface area contributed by atoms with E-state index < -0.39 is 0 Å². The molecule has 0 saturated carbocycles. The fraction of sp³-hybridized carbons (Fsp3) is 0.667. The van der Waals surface area contributed by atoms with Gasteiger partial charge < -0.3 is 20.5 Å². The number of aryl methyl sites for hydroxylation is 1. The SMILES string of the molecule is Cc1cc(CN)nc(N2CC(C)OC(CO)C2)n1. The Labute approximate surface area is 107 Å². The molecule has 18 heavy (non-hydrogen) atoms. The molecule has 1 aliphatic rings. The summed E-state index contributed by atoms with van der Waals surface area (Å²) < 4.78 is 5.60. The first-order valence-corrected chi connectivity index (χ1v) is 6.18. The van der Waals surface area contributed by atoms with Crippen LogP contribution >= 0.6 is 0 Å². The van der Waals surface area contributed by atoms with Gasteiger partial charge in [0.15, 0.2) is 0 Å². The van der Waals surface area contributed by atoms with Gasteiger partial charge in [0.25, 0.3) is 0 Å². The van der Waals surface area contributed by atoms with Gasteiger partial charge in [-0.05, 0) is 19.9 Å². The van der Waals surface area contributed by atoms with Gasteiger partial charge in [0.1, 0.15) is 0 Å². The highest BCUT2D eigenvalue weighted by Gasteiger charge is 2.26. The summed E-state index contributed by atoms with van der Waals surface area (Å²) in [4.78, 5) is 10.9. The van der Waals surface area contributed by atoms with Gasteiger partial charge >= 0.3 is 0 Å². The fourth-order valence-electron chi connectivity index (χ4n) is 2.17. The maximum atomic E-state index is 9.22. The zero-order chi connectivity index (χ0) is 13.1. The second-order valence-corrected chi connectivity index (χ2v) is 4.66. The van der Waals surface area contributed by atoms with Crippen molar-refractivity contribution >= 4 is 5.95 Å². The standard InChI is InChI=1S/C12H20N4O2/c1-8-3-10(4-13)15-12(14-8)16-5-9(2)18-11(6-16)7-17/h3,9,11,17H,4-7,13H2,1-2H3. The van der Waals surface area contributed by atoms with E-state index in [2.05, 4.69) is 9.97 Å². The molecule has 1 saturated heterocycles. The molecule has 2 atom stereocenters. The lowest BCUT2D eigenvalue weighted by Crippen LogP contribution is -2.48. The van der Waals surface area contributed by atoms with Crippen molar-refractivity contribution < 1.29 is 9.84 Å². The van der Waals surface area contributed by atoms with Crippen molar-refractivity contribution in [2.24, 2.45) is 5.73 Å². The first-order chi connectivity index (χ1) is 8.62. The molecule has 1 aliphatic heterocycles. The highest BCUT2D eigenvalue weighted by Crippen LogP contribution is 2.17. The number of ether oxygens (including phenoxy) is 1. The van der Waals surface area contributed by atoms with Gasteiger partial charge in [-0.15, -0.1) is 0 Å². The highest BCUT2D eigenvalue weighted by molar-refractivity contribution is 5.33. The van der Waals surface area contributed by atoms with E-state index in [4.69, 9.17) is 10.5 Å². The third-order valence-corrected chi connectivity index (χ3v) is 2.92. The first kappa shape index (κ1) is 13.2. The molecular formula is C12H20N4O2. The van der Waals surface area contributed by atoms with Gasteiger partial charge in [-0.25, -0.2) is 9.97 Å². The van der Waals surface area contributed by atoms with Gasteiger partial charge in [0.05, 0.1) is 24.5 Å². The van der Waals surface area contributed by atoms with E-state index >= 15 is 0 Å². The van der Waals surface area contributed by atoms with E-state index in [1.165, 1.54) is 0 Å². The Kier molecular flexibility index (Phi) is 4.11. The average molecular weight is 252 g/mol. The van der Waals surface area contributed by atoms with Crippen molar-refractivity contribution in [2.45, 2.75) is 32.6 Å². The molecule has 2 rings (SSSR count). The summed E-state index contributed by atoms with van der Waals surface area (Å²) in [5.41, 5.74) is 7.36. The van der Waals surface area contributed by atoms with Crippen LogP contribution in [0.5, 0.6) is 0 Å². The molecule has 2 heterocycles. The van der Waals surface area contributed by atoms with Crippen LogP contribution in [-0.4, -0.2) is 47.0 Å². The van der Waals surface area contributed by atoms with Crippen molar-refractivity contribution in [3.05, 3.63) is 17.5 Å². The Hall–Kier alpha value is -1.24. The van der Waals surface area contributed by atoms with E-state index in [0.717, 1.165) is 17.9 Å². The Morgan fingerprint density at radius 2 is 2.28 bits per heavy atom. The summed E-state index contributed by atoms with van der Waals surface area (Å²) in [5.74, 6) is 0.670. The predicted octanol–water partition coefficient (Wildman–Crippen LogP) is -0.170. The lowest BCUT2D eigenvalue weighted by Gasteiger charge is -2.36. The number of aliphatic hydroxyl groups is 1. The number of morpholine rings is 1. The molecule has 6 heteroatoms. The molecule has 100 valence electrons. The molecule has 0 bridgehead atoms. The molecular weight excluding hydrogens is 232 g/mol. The van der Waals surface area contributed by atoms with Gasteiger partial charge in [-0.1, -0.05) is 0 Å².